The Labute approximate surface area is 297 Å². The van der Waals surface area contributed by atoms with Crippen LogP contribution in [0.15, 0.2) is 170 Å². The Bertz CT molecular complexity index is 3180. The third kappa shape index (κ3) is 4.18. The van der Waals surface area contributed by atoms with Gasteiger partial charge in [0.1, 0.15) is 5.69 Å². The van der Waals surface area contributed by atoms with Crippen LogP contribution in [0.1, 0.15) is 0 Å². The molecule has 0 bridgehead atoms. The van der Waals surface area contributed by atoms with Gasteiger partial charge in [0.2, 0.25) is 5.95 Å². The molecule has 11 rings (SSSR count). The first-order chi connectivity index (χ1) is 25.8. The number of para-hydroxylation sites is 5. The van der Waals surface area contributed by atoms with E-state index in [4.69, 9.17) is 19.9 Å². The molecule has 0 saturated carbocycles. The maximum absolute atomic E-state index is 5.33. The van der Waals surface area contributed by atoms with Gasteiger partial charge in [-0.15, -0.1) is 0 Å². The van der Waals surface area contributed by atoms with Gasteiger partial charge in [-0.05, 0) is 42.5 Å². The van der Waals surface area contributed by atoms with Gasteiger partial charge in [-0.1, -0.05) is 127 Å². The molecule has 0 aliphatic heterocycles. The summed E-state index contributed by atoms with van der Waals surface area (Å²) in [5.74, 6) is 1.43. The molecule has 0 fully saturated rings. The van der Waals surface area contributed by atoms with Crippen LogP contribution < -0.4 is 0 Å². The number of hydrogen-bond acceptors (Lipinski definition) is 4. The Hall–Kier alpha value is -7.18. The Morgan fingerprint density at radius 2 is 0.788 bits per heavy atom. The summed E-state index contributed by atoms with van der Waals surface area (Å²) >= 11 is 0. The first kappa shape index (κ1) is 28.6. The fraction of sp³-hybridized carbons (Fsp3) is 0. The van der Waals surface area contributed by atoms with Gasteiger partial charge in [0.15, 0.2) is 5.82 Å². The second-order valence-electron chi connectivity index (χ2n) is 13.1. The highest BCUT2D eigenvalue weighted by Gasteiger charge is 2.24. The summed E-state index contributed by atoms with van der Waals surface area (Å²) in [6, 6.07) is 58.7. The predicted molar refractivity (Wildman–Crippen MR) is 212 cm³/mol. The van der Waals surface area contributed by atoms with Gasteiger partial charge in [0.25, 0.3) is 0 Å². The minimum atomic E-state index is 0.638. The largest absolute Gasteiger partial charge is 0.292 e. The third-order valence-corrected chi connectivity index (χ3v) is 10.1. The van der Waals surface area contributed by atoms with Crippen molar-refractivity contribution in [2.75, 3.05) is 0 Å². The normalized spacial score (nSPS) is 11.8. The Morgan fingerprint density at radius 3 is 1.44 bits per heavy atom. The zero-order valence-electron chi connectivity index (χ0n) is 27.8. The van der Waals surface area contributed by atoms with Crippen LogP contribution in [-0.4, -0.2) is 29.1 Å². The standard InChI is InChI=1S/C46H28N6/c1-3-15-29(16-4-1)43-31-19-7-10-22-34(31)49-46(50-43)52-38-26-14-9-21-33(38)42-40(52)28-27-39-41(42)32-20-8-13-25-37(32)51(39)45-44(30-17-5-2-6-18-30)47-35-23-11-12-24-36(35)48-45/h1-28H. The van der Waals surface area contributed by atoms with Crippen LogP contribution >= 0.6 is 0 Å². The molecule has 0 amide bonds. The van der Waals surface area contributed by atoms with Crippen molar-refractivity contribution in [2.24, 2.45) is 0 Å². The van der Waals surface area contributed by atoms with E-state index >= 15 is 0 Å². The van der Waals surface area contributed by atoms with Gasteiger partial charge < -0.3 is 0 Å². The van der Waals surface area contributed by atoms with Gasteiger partial charge in [-0.2, -0.15) is 0 Å². The van der Waals surface area contributed by atoms with Crippen LogP contribution in [0.5, 0.6) is 0 Å². The molecule has 7 aromatic carbocycles. The highest BCUT2D eigenvalue weighted by atomic mass is 15.2. The molecule has 4 aromatic heterocycles. The lowest BCUT2D eigenvalue weighted by atomic mass is 10.1. The van der Waals surface area contributed by atoms with E-state index in [9.17, 15) is 0 Å². The lowest BCUT2D eigenvalue weighted by Crippen LogP contribution is -2.04. The van der Waals surface area contributed by atoms with Gasteiger partial charge in [-0.25, -0.2) is 19.9 Å². The molecule has 0 saturated heterocycles. The number of rotatable bonds is 4. The SMILES string of the molecule is c1ccc(-c2nc3ccccc3nc2-n2c3ccccc3c3c4c5ccccc5n(-c5nc(-c6ccccc6)c6ccccc6n5)c4ccc32)cc1. The average molecular weight is 665 g/mol. The van der Waals surface area contributed by atoms with Crippen molar-refractivity contribution in [3.05, 3.63) is 170 Å². The average Bonchev–Trinajstić information content (AvgIpc) is 3.73. The molecule has 0 atom stereocenters. The lowest BCUT2D eigenvalue weighted by Gasteiger charge is -2.14. The van der Waals surface area contributed by atoms with E-state index in [0.29, 0.717) is 5.95 Å². The summed E-state index contributed by atoms with van der Waals surface area (Å²) < 4.78 is 4.51. The van der Waals surface area contributed by atoms with E-state index in [1.807, 2.05) is 48.5 Å². The number of fused-ring (bicyclic) bond motifs is 9. The van der Waals surface area contributed by atoms with Crippen molar-refractivity contribution in [1.29, 1.82) is 0 Å². The Kier molecular flexibility index (Phi) is 6.15. The fourth-order valence-corrected chi connectivity index (χ4v) is 7.88. The van der Waals surface area contributed by atoms with E-state index < -0.39 is 0 Å². The van der Waals surface area contributed by atoms with Crippen LogP contribution in [0.3, 0.4) is 0 Å². The van der Waals surface area contributed by atoms with E-state index in [-0.39, 0.29) is 0 Å². The topological polar surface area (TPSA) is 61.4 Å². The number of benzene rings is 7. The van der Waals surface area contributed by atoms with Gasteiger partial charge in [0, 0.05) is 38.1 Å². The Balaban J connectivity index is 1.27. The lowest BCUT2D eigenvalue weighted by molar-refractivity contribution is 1.01. The molecule has 6 heteroatoms. The third-order valence-electron chi connectivity index (χ3n) is 10.1. The summed E-state index contributed by atoms with van der Waals surface area (Å²) in [7, 11) is 0. The molecule has 52 heavy (non-hydrogen) atoms. The summed E-state index contributed by atoms with van der Waals surface area (Å²) in [5.41, 5.74) is 10.6. The highest BCUT2D eigenvalue weighted by molar-refractivity contribution is 6.29. The van der Waals surface area contributed by atoms with E-state index in [1.54, 1.807) is 0 Å². The smallest absolute Gasteiger partial charge is 0.235 e. The molecule has 0 N–H and O–H groups in total. The summed E-state index contributed by atoms with van der Waals surface area (Å²) in [4.78, 5) is 21.1. The molecule has 6 nitrogen and oxygen atoms in total. The monoisotopic (exact) mass is 664 g/mol. The second-order valence-corrected chi connectivity index (χ2v) is 13.1. The van der Waals surface area contributed by atoms with Crippen LogP contribution in [0, 0.1) is 0 Å². The summed E-state index contributed by atoms with van der Waals surface area (Å²) in [6.45, 7) is 0. The van der Waals surface area contributed by atoms with Crippen molar-refractivity contribution < 1.29 is 0 Å². The second kappa shape index (κ2) is 11.2. The van der Waals surface area contributed by atoms with Crippen molar-refractivity contribution in [3.63, 3.8) is 0 Å². The molecule has 0 aliphatic rings. The minimum absolute atomic E-state index is 0.638. The Morgan fingerprint density at radius 1 is 0.308 bits per heavy atom. The molecule has 4 heterocycles. The first-order valence-electron chi connectivity index (χ1n) is 17.4. The first-order valence-corrected chi connectivity index (χ1v) is 17.4. The molecular weight excluding hydrogens is 637 g/mol. The zero-order valence-corrected chi connectivity index (χ0v) is 27.8. The van der Waals surface area contributed by atoms with E-state index in [0.717, 1.165) is 93.9 Å². The van der Waals surface area contributed by atoms with Gasteiger partial charge >= 0.3 is 0 Å². The molecule has 0 unspecified atom stereocenters. The predicted octanol–water partition coefficient (Wildman–Crippen LogP) is 11.1. The maximum atomic E-state index is 5.33. The van der Waals surface area contributed by atoms with Crippen molar-refractivity contribution >= 4 is 65.5 Å². The summed E-state index contributed by atoms with van der Waals surface area (Å²) in [5, 5.41) is 5.60. The van der Waals surface area contributed by atoms with E-state index in [1.165, 1.54) is 0 Å². The highest BCUT2D eigenvalue weighted by Crippen LogP contribution is 2.43. The minimum Gasteiger partial charge on any atom is -0.292 e. The molecule has 0 spiro atoms. The zero-order chi connectivity index (χ0) is 34.2. The van der Waals surface area contributed by atoms with Crippen LogP contribution in [0.2, 0.25) is 0 Å². The van der Waals surface area contributed by atoms with Crippen molar-refractivity contribution in [3.8, 4) is 34.3 Å². The van der Waals surface area contributed by atoms with Crippen LogP contribution in [0.25, 0.3) is 99.8 Å². The van der Waals surface area contributed by atoms with Crippen molar-refractivity contribution in [2.45, 2.75) is 0 Å². The van der Waals surface area contributed by atoms with Gasteiger partial charge in [0.05, 0.1) is 44.3 Å². The number of hydrogen-bond donors (Lipinski definition) is 0. The maximum Gasteiger partial charge on any atom is 0.235 e. The van der Waals surface area contributed by atoms with Crippen LogP contribution in [-0.2, 0) is 0 Å². The summed E-state index contributed by atoms with van der Waals surface area (Å²) in [6.07, 6.45) is 0. The molecular formula is C46H28N6. The number of nitrogens with zero attached hydrogens (tertiary/aromatic N) is 6. The molecule has 0 aliphatic carbocycles. The fourth-order valence-electron chi connectivity index (χ4n) is 7.88. The molecule has 11 aromatic rings. The van der Waals surface area contributed by atoms with Crippen molar-refractivity contribution in [1.82, 2.24) is 29.1 Å². The van der Waals surface area contributed by atoms with E-state index in [2.05, 4.69) is 130 Å². The van der Waals surface area contributed by atoms with Gasteiger partial charge in [-0.3, -0.25) is 9.13 Å². The quantitative estimate of drug-likeness (QED) is 0.188. The molecule has 0 radical (unpaired) electrons. The van der Waals surface area contributed by atoms with Crippen LogP contribution in [0.4, 0.5) is 0 Å². The number of aromatic nitrogens is 6. The molecule has 242 valence electrons.